The van der Waals surface area contributed by atoms with Crippen molar-refractivity contribution < 1.29 is 23.8 Å². The van der Waals surface area contributed by atoms with E-state index in [2.05, 4.69) is 5.32 Å². The molecule has 2 amide bonds. The fourth-order valence-corrected chi connectivity index (χ4v) is 2.82. The van der Waals surface area contributed by atoms with Crippen molar-refractivity contribution in [1.29, 1.82) is 5.26 Å². The van der Waals surface area contributed by atoms with Gasteiger partial charge in [0.05, 0.1) is 32.5 Å². The zero-order valence-corrected chi connectivity index (χ0v) is 17.0. The van der Waals surface area contributed by atoms with Crippen LogP contribution in [0.5, 0.6) is 0 Å². The maximum atomic E-state index is 12.7. The number of ether oxygens (including phenoxy) is 3. The first kappa shape index (κ1) is 22.7. The van der Waals surface area contributed by atoms with Crippen LogP contribution in [0.4, 0.5) is 4.79 Å². The number of nitrogens with one attached hydrogen (secondary N) is 1. The summed E-state index contributed by atoms with van der Waals surface area (Å²) in [6.45, 7) is 6.03. The highest BCUT2D eigenvalue weighted by molar-refractivity contribution is 5.84. The van der Waals surface area contributed by atoms with E-state index in [-0.39, 0.29) is 12.5 Å². The van der Waals surface area contributed by atoms with Crippen LogP contribution in [-0.2, 0) is 25.6 Å². The molecule has 0 aliphatic carbocycles. The highest BCUT2D eigenvalue weighted by atomic mass is 16.6. The van der Waals surface area contributed by atoms with E-state index in [0.29, 0.717) is 39.3 Å². The molecule has 1 saturated heterocycles. The van der Waals surface area contributed by atoms with E-state index in [4.69, 9.17) is 14.2 Å². The maximum absolute atomic E-state index is 12.7. The molecule has 8 heteroatoms. The van der Waals surface area contributed by atoms with Gasteiger partial charge in [-0.05, 0) is 17.9 Å². The smallest absolute Gasteiger partial charge is 0.410 e. The molecule has 1 aromatic carbocycles. The molecule has 1 aliphatic rings. The Bertz CT molecular complexity index is 683. The summed E-state index contributed by atoms with van der Waals surface area (Å²) in [7, 11) is 0. The first-order chi connectivity index (χ1) is 14.0. The average Bonchev–Trinajstić information content (AvgIpc) is 2.73. The van der Waals surface area contributed by atoms with Crippen molar-refractivity contribution in [2.75, 3.05) is 32.9 Å². The zero-order chi connectivity index (χ0) is 21.1. The van der Waals surface area contributed by atoms with Gasteiger partial charge >= 0.3 is 6.09 Å². The van der Waals surface area contributed by atoms with Gasteiger partial charge in [-0.3, -0.25) is 4.79 Å². The Morgan fingerprint density at radius 2 is 1.93 bits per heavy atom. The molecule has 1 aliphatic heterocycles. The molecule has 2 atom stereocenters. The van der Waals surface area contributed by atoms with Crippen molar-refractivity contribution in [1.82, 2.24) is 10.2 Å². The van der Waals surface area contributed by atoms with Gasteiger partial charge in [-0.1, -0.05) is 44.2 Å². The van der Waals surface area contributed by atoms with Gasteiger partial charge in [0.25, 0.3) is 5.91 Å². The van der Waals surface area contributed by atoms with Gasteiger partial charge in [0.2, 0.25) is 0 Å². The van der Waals surface area contributed by atoms with Crippen LogP contribution in [0.2, 0.25) is 0 Å². The van der Waals surface area contributed by atoms with E-state index >= 15 is 0 Å². The molecule has 0 unspecified atom stereocenters. The largest absolute Gasteiger partial charge is 0.436 e. The Kier molecular flexibility index (Phi) is 9.41. The number of morpholine rings is 1. The summed E-state index contributed by atoms with van der Waals surface area (Å²) in [4.78, 5) is 26.5. The molecule has 29 heavy (non-hydrogen) atoms. The van der Waals surface area contributed by atoms with E-state index in [1.165, 1.54) is 4.90 Å². The Morgan fingerprint density at radius 1 is 1.24 bits per heavy atom. The fraction of sp³-hybridized carbons (Fsp3) is 0.571. The summed E-state index contributed by atoms with van der Waals surface area (Å²) in [6, 6.07) is 10.8. The van der Waals surface area contributed by atoms with E-state index in [0.717, 1.165) is 5.56 Å². The second-order valence-electron chi connectivity index (χ2n) is 7.29. The second-order valence-corrected chi connectivity index (χ2v) is 7.29. The number of hydrogen-bond acceptors (Lipinski definition) is 6. The number of rotatable bonds is 9. The van der Waals surface area contributed by atoms with E-state index in [1.807, 2.05) is 50.2 Å². The predicted octanol–water partition coefficient (Wildman–Crippen LogP) is 2.10. The number of nitrogens with zero attached hydrogens (tertiary/aromatic N) is 2. The molecule has 1 aromatic rings. The van der Waals surface area contributed by atoms with Crippen LogP contribution in [0, 0.1) is 17.2 Å². The number of nitriles is 1. The number of amides is 2. The summed E-state index contributed by atoms with van der Waals surface area (Å²) >= 11 is 0. The minimum absolute atomic E-state index is 0.0446. The Hall–Kier alpha value is -2.63. The van der Waals surface area contributed by atoms with E-state index in [9.17, 15) is 14.9 Å². The summed E-state index contributed by atoms with van der Waals surface area (Å²) in [5.74, 6) is -0.353. The van der Waals surface area contributed by atoms with Crippen molar-refractivity contribution >= 4 is 12.0 Å². The molecule has 0 saturated carbocycles. The van der Waals surface area contributed by atoms with Gasteiger partial charge in [0.15, 0.2) is 6.10 Å². The summed E-state index contributed by atoms with van der Waals surface area (Å²) < 4.78 is 16.2. The Balaban J connectivity index is 1.87. The third-order valence-electron chi connectivity index (χ3n) is 4.36. The van der Waals surface area contributed by atoms with Gasteiger partial charge in [-0.15, -0.1) is 0 Å². The Labute approximate surface area is 171 Å². The lowest BCUT2D eigenvalue weighted by molar-refractivity contribution is -0.132. The van der Waals surface area contributed by atoms with E-state index in [1.54, 1.807) is 0 Å². The normalized spacial score (nSPS) is 16.0. The molecule has 0 bridgehead atoms. The molecule has 0 aromatic heterocycles. The quantitative estimate of drug-likeness (QED) is 0.678. The topological polar surface area (TPSA) is 101 Å². The van der Waals surface area contributed by atoms with Crippen LogP contribution < -0.4 is 5.32 Å². The van der Waals surface area contributed by atoms with Crippen LogP contribution in [0.15, 0.2) is 30.3 Å². The standard InChI is InChI=1S/C21H29N3O5/c1-16(2)12-19(29-21(26)24-8-10-27-11-9-24)20(25)23-18(13-22)15-28-14-17-6-4-3-5-7-17/h3-7,16,18-19H,8-12,14-15H2,1-2H3,(H,23,25)/t18-,19+/m1/s1. The molecule has 0 spiro atoms. The zero-order valence-electron chi connectivity index (χ0n) is 17.0. The summed E-state index contributed by atoms with van der Waals surface area (Å²) in [5, 5.41) is 12.0. The monoisotopic (exact) mass is 403 g/mol. The van der Waals surface area contributed by atoms with Crippen LogP contribution in [0.1, 0.15) is 25.8 Å². The molecule has 2 rings (SSSR count). The first-order valence-electron chi connectivity index (χ1n) is 9.84. The number of hydrogen-bond donors (Lipinski definition) is 1. The third kappa shape index (κ3) is 8.10. The van der Waals surface area contributed by atoms with Crippen LogP contribution in [0.3, 0.4) is 0 Å². The average molecular weight is 403 g/mol. The molecule has 1 heterocycles. The molecule has 1 N–H and O–H groups in total. The van der Waals surface area contributed by atoms with Crippen molar-refractivity contribution in [3.63, 3.8) is 0 Å². The van der Waals surface area contributed by atoms with Crippen molar-refractivity contribution in [3.05, 3.63) is 35.9 Å². The third-order valence-corrected chi connectivity index (χ3v) is 4.36. The lowest BCUT2D eigenvalue weighted by atomic mass is 10.1. The van der Waals surface area contributed by atoms with Crippen molar-refractivity contribution in [2.24, 2.45) is 5.92 Å². The van der Waals surface area contributed by atoms with Gasteiger partial charge < -0.3 is 24.4 Å². The molecular formula is C21H29N3O5. The van der Waals surface area contributed by atoms with Crippen LogP contribution in [0.25, 0.3) is 0 Å². The number of carbonyl (C=O) groups excluding carboxylic acids is 2. The first-order valence-corrected chi connectivity index (χ1v) is 9.84. The maximum Gasteiger partial charge on any atom is 0.410 e. The van der Waals surface area contributed by atoms with Gasteiger partial charge in [-0.2, -0.15) is 5.26 Å². The van der Waals surface area contributed by atoms with E-state index < -0.39 is 24.1 Å². The molecule has 0 radical (unpaired) electrons. The van der Waals surface area contributed by atoms with Gasteiger partial charge in [0, 0.05) is 13.1 Å². The number of benzene rings is 1. The fourth-order valence-electron chi connectivity index (χ4n) is 2.82. The molecular weight excluding hydrogens is 374 g/mol. The Morgan fingerprint density at radius 3 is 2.55 bits per heavy atom. The predicted molar refractivity (Wildman–Crippen MR) is 106 cm³/mol. The number of carbonyl (C=O) groups is 2. The SMILES string of the molecule is CC(C)C[C@H](OC(=O)N1CCOCC1)C(=O)N[C@H](C#N)COCc1ccccc1. The highest BCUT2D eigenvalue weighted by Gasteiger charge is 2.29. The van der Waals surface area contributed by atoms with Crippen molar-refractivity contribution in [3.8, 4) is 6.07 Å². The lowest BCUT2D eigenvalue weighted by Gasteiger charge is -2.28. The summed E-state index contributed by atoms with van der Waals surface area (Å²) in [6.07, 6.45) is -1.14. The van der Waals surface area contributed by atoms with Crippen LogP contribution >= 0.6 is 0 Å². The second kappa shape index (κ2) is 12.0. The lowest BCUT2D eigenvalue weighted by Crippen LogP contribution is -2.48. The molecule has 158 valence electrons. The highest BCUT2D eigenvalue weighted by Crippen LogP contribution is 2.12. The van der Waals surface area contributed by atoms with Gasteiger partial charge in [0.1, 0.15) is 6.04 Å². The van der Waals surface area contributed by atoms with Gasteiger partial charge in [-0.25, -0.2) is 4.79 Å². The minimum Gasteiger partial charge on any atom is -0.436 e. The summed E-state index contributed by atoms with van der Waals surface area (Å²) in [5.41, 5.74) is 0.979. The van der Waals surface area contributed by atoms with Crippen molar-refractivity contribution in [2.45, 2.75) is 39.0 Å². The minimum atomic E-state index is -0.963. The van der Waals surface area contributed by atoms with Crippen LogP contribution in [-0.4, -0.2) is 62.0 Å². The molecule has 1 fully saturated rings. The molecule has 8 nitrogen and oxygen atoms in total.